The van der Waals surface area contributed by atoms with E-state index in [-0.39, 0.29) is 17.2 Å². The maximum Gasteiger partial charge on any atom is 0.271 e. The number of nitrogens with one attached hydrogen (secondary N) is 2. The number of aromatic amines is 1. The van der Waals surface area contributed by atoms with Crippen LogP contribution in [0.1, 0.15) is 35.0 Å². The molecule has 22 heavy (non-hydrogen) atoms. The van der Waals surface area contributed by atoms with Crippen LogP contribution in [0, 0.1) is 6.92 Å². The van der Waals surface area contributed by atoms with Crippen LogP contribution in [0.4, 0.5) is 0 Å². The number of aromatic nitrogens is 2. The predicted octanol–water partition coefficient (Wildman–Crippen LogP) is 1.80. The Labute approximate surface area is 128 Å². The average Bonchev–Trinajstić information content (AvgIpc) is 2.52. The van der Waals surface area contributed by atoms with Crippen molar-refractivity contribution in [3.63, 3.8) is 0 Å². The van der Waals surface area contributed by atoms with E-state index in [9.17, 15) is 9.59 Å². The van der Waals surface area contributed by atoms with Gasteiger partial charge in [-0.1, -0.05) is 13.0 Å². The SMILES string of the molecule is CCCOc1ccc(CNC(=O)c2ccc(=O)[nH]n2)c(C)c1. The lowest BCUT2D eigenvalue weighted by molar-refractivity contribution is 0.0944. The summed E-state index contributed by atoms with van der Waals surface area (Å²) in [6.07, 6.45) is 0.961. The normalized spacial score (nSPS) is 10.3. The minimum absolute atomic E-state index is 0.181. The number of benzene rings is 1. The predicted molar refractivity (Wildman–Crippen MR) is 83.0 cm³/mol. The molecule has 1 amide bonds. The first-order chi connectivity index (χ1) is 10.6. The molecule has 0 aliphatic rings. The van der Waals surface area contributed by atoms with Crippen LogP contribution in [0.15, 0.2) is 35.1 Å². The van der Waals surface area contributed by atoms with Crippen LogP contribution in [0.25, 0.3) is 0 Å². The molecule has 0 spiro atoms. The van der Waals surface area contributed by atoms with Gasteiger partial charge in [-0.25, -0.2) is 5.10 Å². The molecule has 2 N–H and O–H groups in total. The molecule has 0 bridgehead atoms. The molecule has 6 heteroatoms. The van der Waals surface area contributed by atoms with Crippen molar-refractivity contribution in [2.24, 2.45) is 0 Å². The van der Waals surface area contributed by atoms with Gasteiger partial charge in [-0.15, -0.1) is 0 Å². The summed E-state index contributed by atoms with van der Waals surface area (Å²) in [7, 11) is 0. The van der Waals surface area contributed by atoms with Crippen molar-refractivity contribution in [2.75, 3.05) is 6.61 Å². The monoisotopic (exact) mass is 301 g/mol. The van der Waals surface area contributed by atoms with Gasteiger partial charge in [-0.3, -0.25) is 9.59 Å². The van der Waals surface area contributed by atoms with Crippen LogP contribution >= 0.6 is 0 Å². The van der Waals surface area contributed by atoms with Crippen molar-refractivity contribution < 1.29 is 9.53 Å². The van der Waals surface area contributed by atoms with Crippen LogP contribution in [-0.2, 0) is 6.54 Å². The number of aryl methyl sites for hydroxylation is 1. The second-order valence-electron chi connectivity index (χ2n) is 4.93. The summed E-state index contributed by atoms with van der Waals surface area (Å²) in [6.45, 7) is 5.10. The fraction of sp³-hybridized carbons (Fsp3) is 0.312. The number of carbonyl (C=O) groups excluding carboxylic acids is 1. The molecular weight excluding hydrogens is 282 g/mol. The lowest BCUT2D eigenvalue weighted by atomic mass is 10.1. The number of amides is 1. The first kappa shape index (κ1) is 15.8. The number of carbonyl (C=O) groups is 1. The van der Waals surface area contributed by atoms with Gasteiger partial charge in [0.05, 0.1) is 6.61 Å². The summed E-state index contributed by atoms with van der Waals surface area (Å²) in [5, 5.41) is 8.70. The Bertz CT molecular complexity index is 690. The zero-order chi connectivity index (χ0) is 15.9. The van der Waals surface area contributed by atoms with E-state index in [0.717, 1.165) is 23.3 Å². The van der Waals surface area contributed by atoms with Crippen LogP contribution in [0.5, 0.6) is 5.75 Å². The number of hydrogen-bond donors (Lipinski definition) is 2. The van der Waals surface area contributed by atoms with E-state index in [4.69, 9.17) is 4.74 Å². The lowest BCUT2D eigenvalue weighted by Gasteiger charge is -2.10. The molecule has 1 heterocycles. The summed E-state index contributed by atoms with van der Waals surface area (Å²) in [5.74, 6) is 0.499. The van der Waals surface area contributed by atoms with Crippen molar-refractivity contribution in [2.45, 2.75) is 26.8 Å². The van der Waals surface area contributed by atoms with E-state index in [1.54, 1.807) is 0 Å². The highest BCUT2D eigenvalue weighted by atomic mass is 16.5. The average molecular weight is 301 g/mol. The Kier molecular flexibility index (Phi) is 5.30. The van der Waals surface area contributed by atoms with Gasteiger partial charge in [-0.2, -0.15) is 5.10 Å². The zero-order valence-electron chi connectivity index (χ0n) is 12.7. The van der Waals surface area contributed by atoms with Crippen LogP contribution in [-0.4, -0.2) is 22.7 Å². The fourth-order valence-corrected chi connectivity index (χ4v) is 1.91. The molecule has 116 valence electrons. The second-order valence-corrected chi connectivity index (χ2v) is 4.93. The van der Waals surface area contributed by atoms with Crippen LogP contribution in [0.2, 0.25) is 0 Å². The summed E-state index contributed by atoms with van der Waals surface area (Å²) in [5.41, 5.74) is 1.89. The van der Waals surface area contributed by atoms with Gasteiger partial charge in [0.15, 0.2) is 0 Å². The lowest BCUT2D eigenvalue weighted by Crippen LogP contribution is -2.25. The Hall–Kier alpha value is -2.63. The molecule has 0 fully saturated rings. The molecule has 0 atom stereocenters. The van der Waals surface area contributed by atoms with E-state index in [0.29, 0.717) is 13.2 Å². The zero-order valence-corrected chi connectivity index (χ0v) is 12.7. The van der Waals surface area contributed by atoms with Crippen molar-refractivity contribution >= 4 is 5.91 Å². The standard InChI is InChI=1S/C16H19N3O3/c1-3-8-22-13-5-4-12(11(2)9-13)10-17-16(21)14-6-7-15(20)19-18-14/h4-7,9H,3,8,10H2,1-2H3,(H,17,21)(H,19,20). The van der Waals surface area contributed by atoms with E-state index in [2.05, 4.69) is 22.4 Å². The largest absolute Gasteiger partial charge is 0.494 e. The molecule has 0 aliphatic heterocycles. The molecule has 2 aromatic rings. The summed E-state index contributed by atoms with van der Waals surface area (Å²) in [4.78, 5) is 22.8. The van der Waals surface area contributed by atoms with Crippen molar-refractivity contribution in [3.8, 4) is 5.75 Å². The molecule has 0 aliphatic carbocycles. The number of hydrogen-bond acceptors (Lipinski definition) is 4. The minimum atomic E-state index is -0.338. The van der Waals surface area contributed by atoms with Crippen molar-refractivity contribution in [3.05, 3.63) is 57.5 Å². The molecule has 0 unspecified atom stereocenters. The highest BCUT2D eigenvalue weighted by Gasteiger charge is 2.08. The molecular formula is C16H19N3O3. The first-order valence-electron chi connectivity index (χ1n) is 7.16. The molecule has 1 aromatic carbocycles. The third-order valence-corrected chi connectivity index (χ3v) is 3.14. The third-order valence-electron chi connectivity index (χ3n) is 3.14. The third kappa shape index (κ3) is 4.18. The highest BCUT2D eigenvalue weighted by Crippen LogP contribution is 2.17. The number of nitrogens with zero attached hydrogens (tertiary/aromatic N) is 1. The topological polar surface area (TPSA) is 84.1 Å². The van der Waals surface area contributed by atoms with Gasteiger partial charge >= 0.3 is 0 Å². The second kappa shape index (κ2) is 7.40. The number of rotatable bonds is 6. The van der Waals surface area contributed by atoms with E-state index in [1.807, 2.05) is 25.1 Å². The molecule has 0 radical (unpaired) electrons. The smallest absolute Gasteiger partial charge is 0.271 e. The quantitative estimate of drug-likeness (QED) is 0.852. The van der Waals surface area contributed by atoms with Gasteiger partial charge in [0.25, 0.3) is 11.5 Å². The van der Waals surface area contributed by atoms with E-state index >= 15 is 0 Å². The Morgan fingerprint density at radius 3 is 2.77 bits per heavy atom. The van der Waals surface area contributed by atoms with E-state index in [1.165, 1.54) is 12.1 Å². The summed E-state index contributed by atoms with van der Waals surface area (Å²) < 4.78 is 5.57. The van der Waals surface area contributed by atoms with Crippen molar-refractivity contribution in [1.29, 1.82) is 0 Å². The van der Waals surface area contributed by atoms with Gasteiger partial charge in [-0.05, 0) is 42.7 Å². The van der Waals surface area contributed by atoms with Crippen LogP contribution in [0.3, 0.4) is 0 Å². The van der Waals surface area contributed by atoms with Crippen LogP contribution < -0.4 is 15.6 Å². The Morgan fingerprint density at radius 1 is 1.32 bits per heavy atom. The van der Waals surface area contributed by atoms with Gasteiger partial charge in [0, 0.05) is 12.6 Å². The Balaban J connectivity index is 1.97. The highest BCUT2D eigenvalue weighted by molar-refractivity contribution is 5.91. The van der Waals surface area contributed by atoms with Gasteiger partial charge in [0.2, 0.25) is 0 Å². The maximum absolute atomic E-state index is 11.9. The van der Waals surface area contributed by atoms with Gasteiger partial charge in [0.1, 0.15) is 11.4 Å². The van der Waals surface area contributed by atoms with Crippen molar-refractivity contribution in [1.82, 2.24) is 15.5 Å². The summed E-state index contributed by atoms with van der Waals surface area (Å²) in [6, 6.07) is 8.44. The first-order valence-corrected chi connectivity index (χ1v) is 7.16. The Morgan fingerprint density at radius 2 is 2.14 bits per heavy atom. The fourth-order valence-electron chi connectivity index (χ4n) is 1.91. The molecule has 0 saturated carbocycles. The minimum Gasteiger partial charge on any atom is -0.494 e. The molecule has 6 nitrogen and oxygen atoms in total. The maximum atomic E-state index is 11.9. The summed E-state index contributed by atoms with van der Waals surface area (Å²) >= 11 is 0. The molecule has 2 rings (SSSR count). The number of ether oxygens (including phenoxy) is 1. The molecule has 1 aromatic heterocycles. The number of H-pyrrole nitrogens is 1. The van der Waals surface area contributed by atoms with Gasteiger partial charge < -0.3 is 10.1 Å². The van der Waals surface area contributed by atoms with E-state index < -0.39 is 0 Å². The molecule has 0 saturated heterocycles.